The van der Waals surface area contributed by atoms with Crippen LogP contribution in [0, 0.1) is 0 Å². The van der Waals surface area contributed by atoms with Gasteiger partial charge in [0.05, 0.1) is 35.5 Å². The molecule has 2 rings (SSSR count). The van der Waals surface area contributed by atoms with E-state index in [0.29, 0.717) is 11.1 Å². The highest BCUT2D eigenvalue weighted by Crippen LogP contribution is 2.36. The molecule has 4 nitrogen and oxygen atoms in total. The molecule has 2 aromatic rings. The average Bonchev–Trinajstić information content (AvgIpc) is 2.70. The van der Waals surface area contributed by atoms with Gasteiger partial charge in [0, 0.05) is 9.79 Å². The minimum absolute atomic E-state index is 0.319. The van der Waals surface area contributed by atoms with Crippen molar-refractivity contribution in [3.8, 4) is 0 Å². The smallest absolute Gasteiger partial charge is 0.338 e. The molecule has 0 fully saturated rings. The Morgan fingerprint density at radius 1 is 0.731 bits per heavy atom. The Labute approximate surface area is 169 Å². The zero-order valence-corrected chi connectivity index (χ0v) is 17.6. The lowest BCUT2D eigenvalue weighted by Crippen LogP contribution is -2.02. The molecule has 0 N–H and O–H groups in total. The highest BCUT2D eigenvalue weighted by atomic mass is 33.1. The summed E-state index contributed by atoms with van der Waals surface area (Å²) in [5.41, 5.74) is 1.18. The second kappa shape index (κ2) is 11.5. The molecule has 0 radical (unpaired) electrons. The third-order valence-electron chi connectivity index (χ3n) is 3.19. The highest BCUT2D eigenvalue weighted by molar-refractivity contribution is 8.79. The van der Waals surface area contributed by atoms with E-state index in [1.807, 2.05) is 36.4 Å². The topological polar surface area (TPSA) is 52.6 Å². The molecule has 0 bridgehead atoms. The minimum atomic E-state index is -0.319. The van der Waals surface area contributed by atoms with Crippen LogP contribution in [-0.2, 0) is 9.47 Å². The molecule has 8 heteroatoms. The maximum atomic E-state index is 11.7. The van der Waals surface area contributed by atoms with Gasteiger partial charge in [-0.25, -0.2) is 9.59 Å². The van der Waals surface area contributed by atoms with Crippen LogP contribution in [0.5, 0.6) is 0 Å². The number of carbonyl (C=O) groups excluding carboxylic acids is 2. The van der Waals surface area contributed by atoms with Crippen molar-refractivity contribution in [3.63, 3.8) is 0 Å². The number of rotatable bonds is 9. The molecule has 0 aliphatic rings. The molecule has 0 unspecified atom stereocenters. The van der Waals surface area contributed by atoms with Crippen molar-refractivity contribution >= 4 is 57.1 Å². The van der Waals surface area contributed by atoms with E-state index in [9.17, 15) is 9.59 Å². The van der Waals surface area contributed by atoms with Crippen LogP contribution in [0.25, 0.3) is 0 Å². The predicted octanol–water partition coefficient (Wildman–Crippen LogP) is 5.44. The Kier molecular flexibility index (Phi) is 9.31. The fourth-order valence-corrected chi connectivity index (χ4v) is 6.98. The standard InChI is InChI=1S/C18H18O4S4/c1-21-17(19)13-7-3-5-9-15(13)23-11-25-26-12-24-16-10-6-4-8-14(16)18(20)22-2/h3-10H,11-12H2,1-2H3. The van der Waals surface area contributed by atoms with Gasteiger partial charge in [0.25, 0.3) is 0 Å². The lowest BCUT2D eigenvalue weighted by atomic mass is 10.2. The molecule has 0 atom stereocenters. The number of esters is 2. The fourth-order valence-electron chi connectivity index (χ4n) is 1.99. The largest absolute Gasteiger partial charge is 0.465 e. The first-order chi connectivity index (χ1) is 12.7. The first kappa shape index (κ1) is 21.1. The number of thioether (sulfide) groups is 2. The molecular formula is C18H18O4S4. The molecule has 26 heavy (non-hydrogen) atoms. The van der Waals surface area contributed by atoms with Gasteiger partial charge in [0.2, 0.25) is 0 Å². The molecule has 0 heterocycles. The molecule has 0 aromatic heterocycles. The number of methoxy groups -OCH3 is 2. The summed E-state index contributed by atoms with van der Waals surface area (Å²) in [7, 11) is 6.19. The van der Waals surface area contributed by atoms with E-state index in [2.05, 4.69) is 0 Å². The number of hydrogen-bond acceptors (Lipinski definition) is 8. The van der Waals surface area contributed by atoms with Gasteiger partial charge in [0.15, 0.2) is 0 Å². The first-order valence-corrected chi connectivity index (χ1v) is 12.0. The molecule has 138 valence electrons. The zero-order valence-electron chi connectivity index (χ0n) is 14.3. The molecule has 2 aromatic carbocycles. The Morgan fingerprint density at radius 2 is 1.12 bits per heavy atom. The monoisotopic (exact) mass is 426 g/mol. The average molecular weight is 427 g/mol. The van der Waals surface area contributed by atoms with Crippen LogP contribution in [0.2, 0.25) is 0 Å². The second-order valence-corrected chi connectivity index (χ2v) is 9.96. The van der Waals surface area contributed by atoms with Crippen molar-refractivity contribution in [1.82, 2.24) is 0 Å². The van der Waals surface area contributed by atoms with E-state index in [1.165, 1.54) is 14.2 Å². The second-order valence-electron chi connectivity index (χ2n) is 4.74. The molecule has 0 saturated heterocycles. The normalized spacial score (nSPS) is 10.4. The van der Waals surface area contributed by atoms with Gasteiger partial charge in [-0.1, -0.05) is 45.9 Å². The van der Waals surface area contributed by atoms with E-state index in [4.69, 9.17) is 9.47 Å². The molecule has 0 aliphatic heterocycles. The van der Waals surface area contributed by atoms with E-state index >= 15 is 0 Å². The predicted molar refractivity (Wildman–Crippen MR) is 112 cm³/mol. The van der Waals surface area contributed by atoms with E-state index in [-0.39, 0.29) is 11.9 Å². The van der Waals surface area contributed by atoms with Crippen molar-refractivity contribution < 1.29 is 19.1 Å². The van der Waals surface area contributed by atoms with Crippen LogP contribution in [0.15, 0.2) is 58.3 Å². The quantitative estimate of drug-likeness (QED) is 0.173. The summed E-state index contributed by atoms with van der Waals surface area (Å²) < 4.78 is 9.61. The molecular weight excluding hydrogens is 408 g/mol. The summed E-state index contributed by atoms with van der Waals surface area (Å²) in [4.78, 5) is 25.3. The lowest BCUT2D eigenvalue weighted by molar-refractivity contribution is 0.0588. The maximum Gasteiger partial charge on any atom is 0.338 e. The number of hydrogen-bond donors (Lipinski definition) is 0. The third-order valence-corrected chi connectivity index (χ3v) is 8.64. The Bertz CT molecular complexity index is 688. The van der Waals surface area contributed by atoms with Crippen molar-refractivity contribution in [2.24, 2.45) is 0 Å². The van der Waals surface area contributed by atoms with Crippen LogP contribution < -0.4 is 0 Å². The van der Waals surface area contributed by atoms with Crippen LogP contribution in [-0.4, -0.2) is 36.3 Å². The summed E-state index contributed by atoms with van der Waals surface area (Å²) in [6.45, 7) is 0. The number of ether oxygens (including phenoxy) is 2. The van der Waals surface area contributed by atoms with Crippen molar-refractivity contribution in [1.29, 1.82) is 0 Å². The summed E-state index contributed by atoms with van der Waals surface area (Å²) in [5.74, 6) is -0.638. The molecule has 0 amide bonds. The Hall–Kier alpha value is -1.22. The third kappa shape index (κ3) is 6.19. The molecule has 0 saturated carbocycles. The fraction of sp³-hybridized carbons (Fsp3) is 0.222. The van der Waals surface area contributed by atoms with Crippen LogP contribution in [0.3, 0.4) is 0 Å². The lowest BCUT2D eigenvalue weighted by Gasteiger charge is -2.08. The van der Waals surface area contributed by atoms with E-state index < -0.39 is 0 Å². The Balaban J connectivity index is 1.77. The van der Waals surface area contributed by atoms with Crippen LogP contribution in [0.1, 0.15) is 20.7 Å². The summed E-state index contributed by atoms with van der Waals surface area (Å²) in [6, 6.07) is 14.9. The SMILES string of the molecule is COC(=O)c1ccccc1SCSSCSc1ccccc1C(=O)OC. The van der Waals surface area contributed by atoms with Gasteiger partial charge in [0.1, 0.15) is 0 Å². The summed E-state index contributed by atoms with van der Waals surface area (Å²) >= 11 is 3.21. The van der Waals surface area contributed by atoms with Crippen molar-refractivity contribution in [3.05, 3.63) is 59.7 Å². The van der Waals surface area contributed by atoms with Gasteiger partial charge < -0.3 is 9.47 Å². The van der Waals surface area contributed by atoms with Gasteiger partial charge in [-0.05, 0) is 24.3 Å². The maximum absolute atomic E-state index is 11.7. The van der Waals surface area contributed by atoms with E-state index in [0.717, 1.165) is 20.0 Å². The number of benzene rings is 2. The van der Waals surface area contributed by atoms with Crippen LogP contribution in [0.4, 0.5) is 0 Å². The summed E-state index contributed by atoms with van der Waals surface area (Å²) in [5, 5.41) is 1.61. The molecule has 0 aliphatic carbocycles. The minimum Gasteiger partial charge on any atom is -0.465 e. The Morgan fingerprint density at radius 3 is 1.50 bits per heavy atom. The van der Waals surface area contributed by atoms with Gasteiger partial charge >= 0.3 is 11.9 Å². The van der Waals surface area contributed by atoms with Crippen molar-refractivity contribution in [2.75, 3.05) is 24.4 Å². The highest BCUT2D eigenvalue weighted by Gasteiger charge is 2.12. The van der Waals surface area contributed by atoms with Gasteiger partial charge in [-0.15, -0.1) is 23.5 Å². The summed E-state index contributed by atoms with van der Waals surface area (Å²) in [6.07, 6.45) is 0. The van der Waals surface area contributed by atoms with E-state index in [1.54, 1.807) is 57.2 Å². The van der Waals surface area contributed by atoms with Crippen molar-refractivity contribution in [2.45, 2.75) is 9.79 Å². The van der Waals surface area contributed by atoms with Gasteiger partial charge in [-0.3, -0.25) is 0 Å². The first-order valence-electron chi connectivity index (χ1n) is 7.52. The zero-order chi connectivity index (χ0) is 18.8. The van der Waals surface area contributed by atoms with Crippen LogP contribution >= 0.6 is 45.1 Å². The molecule has 0 spiro atoms. The number of carbonyl (C=O) groups is 2. The van der Waals surface area contributed by atoms with Gasteiger partial charge in [-0.2, -0.15) is 0 Å².